The van der Waals surface area contributed by atoms with Crippen LogP contribution in [0.2, 0.25) is 0 Å². The van der Waals surface area contributed by atoms with Gasteiger partial charge in [0.05, 0.1) is 6.10 Å². The lowest BCUT2D eigenvalue weighted by molar-refractivity contribution is 0.156. The maximum absolute atomic E-state index is 10.0. The smallest absolute Gasteiger partial charge is 0.0793 e. The van der Waals surface area contributed by atoms with E-state index in [9.17, 15) is 5.11 Å². The topological polar surface area (TPSA) is 20.2 Å². The summed E-state index contributed by atoms with van der Waals surface area (Å²) in [5, 5.41) is 10.0. The highest BCUT2D eigenvalue weighted by molar-refractivity contribution is 5.69. The fourth-order valence-corrected chi connectivity index (χ4v) is 2.71. The predicted molar refractivity (Wildman–Crippen MR) is 69.8 cm³/mol. The monoisotopic (exact) mass is 224 g/mol. The van der Waals surface area contributed by atoms with Crippen molar-refractivity contribution in [2.75, 3.05) is 0 Å². The van der Waals surface area contributed by atoms with Crippen LogP contribution in [-0.4, -0.2) is 5.11 Å². The zero-order valence-electron chi connectivity index (χ0n) is 9.76. The number of aliphatic hydroxyl groups excluding tert-OH is 1. The first-order valence-corrected chi connectivity index (χ1v) is 6.21. The molecule has 0 bridgehead atoms. The van der Waals surface area contributed by atoms with Crippen molar-refractivity contribution in [2.45, 2.75) is 25.4 Å². The molecule has 0 heterocycles. The largest absolute Gasteiger partial charge is 0.388 e. The fourth-order valence-electron chi connectivity index (χ4n) is 2.71. The molecule has 1 atom stereocenters. The van der Waals surface area contributed by atoms with E-state index in [1.807, 2.05) is 6.07 Å². The van der Waals surface area contributed by atoms with Gasteiger partial charge in [-0.15, -0.1) is 0 Å². The Hall–Kier alpha value is -1.60. The molecule has 2 aromatic rings. The van der Waals surface area contributed by atoms with E-state index >= 15 is 0 Å². The highest BCUT2D eigenvalue weighted by Gasteiger charge is 2.20. The molecule has 1 heteroatoms. The second-order valence-corrected chi connectivity index (χ2v) is 4.65. The van der Waals surface area contributed by atoms with Crippen LogP contribution < -0.4 is 0 Å². The van der Waals surface area contributed by atoms with Crippen LogP contribution >= 0.6 is 0 Å². The minimum absolute atomic E-state index is 0.276. The maximum atomic E-state index is 10.0. The highest BCUT2D eigenvalue weighted by Crippen LogP contribution is 2.35. The molecule has 0 aromatic heterocycles. The second kappa shape index (κ2) is 4.34. The summed E-state index contributed by atoms with van der Waals surface area (Å²) in [4.78, 5) is 0. The van der Waals surface area contributed by atoms with E-state index in [1.165, 1.54) is 16.7 Å². The molecule has 0 fully saturated rings. The van der Waals surface area contributed by atoms with Crippen molar-refractivity contribution in [3.63, 3.8) is 0 Å². The Morgan fingerprint density at radius 2 is 1.76 bits per heavy atom. The van der Waals surface area contributed by atoms with Gasteiger partial charge in [-0.05, 0) is 41.5 Å². The fraction of sp³-hybridized carbons (Fsp3) is 0.250. The van der Waals surface area contributed by atoms with Crippen molar-refractivity contribution in [1.82, 2.24) is 0 Å². The molecule has 86 valence electrons. The van der Waals surface area contributed by atoms with E-state index in [-0.39, 0.29) is 6.10 Å². The molecule has 17 heavy (non-hydrogen) atoms. The van der Waals surface area contributed by atoms with Crippen LogP contribution in [0, 0.1) is 0 Å². The average Bonchev–Trinajstić information content (AvgIpc) is 2.40. The highest BCUT2D eigenvalue weighted by atomic mass is 16.3. The first-order valence-electron chi connectivity index (χ1n) is 6.21. The average molecular weight is 224 g/mol. The van der Waals surface area contributed by atoms with Gasteiger partial charge in [-0.3, -0.25) is 0 Å². The number of hydrogen-bond donors (Lipinski definition) is 1. The minimum Gasteiger partial charge on any atom is -0.388 e. The molecule has 1 unspecified atom stereocenters. The molecule has 1 nitrogen and oxygen atoms in total. The number of benzene rings is 2. The van der Waals surface area contributed by atoms with E-state index in [4.69, 9.17) is 0 Å². The van der Waals surface area contributed by atoms with Crippen molar-refractivity contribution in [3.05, 3.63) is 59.7 Å². The van der Waals surface area contributed by atoms with Crippen LogP contribution in [0.4, 0.5) is 0 Å². The van der Waals surface area contributed by atoms with Crippen molar-refractivity contribution >= 4 is 0 Å². The van der Waals surface area contributed by atoms with Crippen LogP contribution in [0.5, 0.6) is 0 Å². The van der Waals surface area contributed by atoms with E-state index in [0.717, 1.165) is 24.8 Å². The summed E-state index contributed by atoms with van der Waals surface area (Å²) in [5.74, 6) is 0. The molecule has 0 saturated carbocycles. The summed E-state index contributed by atoms with van der Waals surface area (Å²) < 4.78 is 0. The van der Waals surface area contributed by atoms with Crippen molar-refractivity contribution in [2.24, 2.45) is 0 Å². The van der Waals surface area contributed by atoms with E-state index < -0.39 is 0 Å². The van der Waals surface area contributed by atoms with Gasteiger partial charge < -0.3 is 5.11 Å². The number of fused-ring (bicyclic) bond motifs is 1. The molecule has 0 radical (unpaired) electrons. The Bertz CT molecular complexity index is 516. The third-order valence-electron chi connectivity index (χ3n) is 3.56. The molecule has 3 rings (SSSR count). The first kappa shape index (κ1) is 10.5. The normalized spacial score (nSPS) is 18.8. The van der Waals surface area contributed by atoms with E-state index in [2.05, 4.69) is 42.5 Å². The van der Waals surface area contributed by atoms with Crippen LogP contribution in [0.25, 0.3) is 11.1 Å². The summed E-state index contributed by atoms with van der Waals surface area (Å²) in [6.45, 7) is 0. The van der Waals surface area contributed by atoms with Gasteiger partial charge in [-0.25, -0.2) is 0 Å². The molecule has 1 aliphatic carbocycles. The van der Waals surface area contributed by atoms with Gasteiger partial charge >= 0.3 is 0 Å². The molecule has 1 N–H and O–H groups in total. The quantitative estimate of drug-likeness (QED) is 0.782. The third-order valence-corrected chi connectivity index (χ3v) is 3.56. The summed E-state index contributed by atoms with van der Waals surface area (Å²) >= 11 is 0. The zero-order valence-corrected chi connectivity index (χ0v) is 9.76. The Balaban J connectivity index is 2.16. The molecule has 0 spiro atoms. The van der Waals surface area contributed by atoms with Gasteiger partial charge in [-0.1, -0.05) is 48.5 Å². The maximum Gasteiger partial charge on any atom is 0.0793 e. The molecule has 0 amide bonds. The second-order valence-electron chi connectivity index (χ2n) is 4.65. The summed E-state index contributed by atoms with van der Waals surface area (Å²) in [7, 11) is 0. The van der Waals surface area contributed by atoms with E-state index in [0.29, 0.717) is 0 Å². The van der Waals surface area contributed by atoms with Gasteiger partial charge in [-0.2, -0.15) is 0 Å². The predicted octanol–water partition coefficient (Wildman–Crippen LogP) is 3.72. The standard InChI is InChI=1S/C16H16O/c17-16-11-5-9-14-13(8-4-10-15(14)16)12-6-2-1-3-7-12/h1-4,6-8,10,16-17H,5,9,11H2. The Morgan fingerprint density at radius 1 is 0.941 bits per heavy atom. The third kappa shape index (κ3) is 1.87. The Morgan fingerprint density at radius 3 is 2.59 bits per heavy atom. The van der Waals surface area contributed by atoms with Gasteiger partial charge in [0.25, 0.3) is 0 Å². The van der Waals surface area contributed by atoms with Gasteiger partial charge in [0.1, 0.15) is 0 Å². The lowest BCUT2D eigenvalue weighted by Gasteiger charge is -2.23. The van der Waals surface area contributed by atoms with Crippen molar-refractivity contribution in [3.8, 4) is 11.1 Å². The Kier molecular flexibility index (Phi) is 2.69. The van der Waals surface area contributed by atoms with Gasteiger partial charge in [0.15, 0.2) is 0 Å². The number of aliphatic hydroxyl groups is 1. The first-order chi connectivity index (χ1) is 8.36. The van der Waals surface area contributed by atoms with Crippen molar-refractivity contribution in [1.29, 1.82) is 0 Å². The minimum atomic E-state index is -0.276. The SMILES string of the molecule is OC1CCCc2c(-c3ccccc3)cccc21. The van der Waals surface area contributed by atoms with Crippen LogP contribution in [0.15, 0.2) is 48.5 Å². The lowest BCUT2D eigenvalue weighted by atomic mass is 9.84. The zero-order chi connectivity index (χ0) is 11.7. The molecular formula is C16H16O. The molecule has 1 aliphatic rings. The lowest BCUT2D eigenvalue weighted by Crippen LogP contribution is -2.10. The summed E-state index contributed by atoms with van der Waals surface area (Å²) in [5.41, 5.74) is 4.98. The van der Waals surface area contributed by atoms with Crippen molar-refractivity contribution < 1.29 is 5.11 Å². The van der Waals surface area contributed by atoms with Crippen LogP contribution in [-0.2, 0) is 6.42 Å². The molecule has 0 saturated heterocycles. The Labute approximate surface area is 102 Å². The molecular weight excluding hydrogens is 208 g/mol. The number of rotatable bonds is 1. The summed E-state index contributed by atoms with van der Waals surface area (Å²) in [6.07, 6.45) is 2.78. The number of hydrogen-bond acceptors (Lipinski definition) is 1. The van der Waals surface area contributed by atoms with E-state index in [1.54, 1.807) is 0 Å². The van der Waals surface area contributed by atoms with Gasteiger partial charge in [0, 0.05) is 0 Å². The van der Waals surface area contributed by atoms with Crippen LogP contribution in [0.3, 0.4) is 0 Å². The molecule has 2 aromatic carbocycles. The van der Waals surface area contributed by atoms with Gasteiger partial charge in [0.2, 0.25) is 0 Å². The van der Waals surface area contributed by atoms with Crippen LogP contribution in [0.1, 0.15) is 30.1 Å². The summed E-state index contributed by atoms with van der Waals surface area (Å²) in [6, 6.07) is 16.7. The molecule has 0 aliphatic heterocycles.